The van der Waals surface area contributed by atoms with Gasteiger partial charge in [0.05, 0.1) is 13.7 Å². The molecule has 5 nitrogen and oxygen atoms in total. The Bertz CT molecular complexity index is 420. The van der Waals surface area contributed by atoms with E-state index in [2.05, 4.69) is 0 Å². The number of benzene rings is 1. The molecular formula is C14H21NO4. The zero-order valence-corrected chi connectivity index (χ0v) is 11.4. The van der Waals surface area contributed by atoms with Crippen LogP contribution in [0.3, 0.4) is 0 Å². The van der Waals surface area contributed by atoms with E-state index in [-0.39, 0.29) is 17.8 Å². The van der Waals surface area contributed by atoms with Gasteiger partial charge in [-0.05, 0) is 31.4 Å². The zero-order chi connectivity index (χ0) is 14.3. The zero-order valence-electron chi connectivity index (χ0n) is 11.4. The molecule has 0 saturated carbocycles. The number of carbonyl (C=O) groups excluding carboxylic acids is 1. The highest BCUT2D eigenvalue weighted by Crippen LogP contribution is 2.24. The van der Waals surface area contributed by atoms with Gasteiger partial charge in [0.1, 0.15) is 11.5 Å². The largest absolute Gasteiger partial charge is 0.508 e. The average Bonchev–Trinajstić information content (AvgIpc) is 2.39. The number of rotatable bonds is 7. The monoisotopic (exact) mass is 267 g/mol. The van der Waals surface area contributed by atoms with Gasteiger partial charge in [0.25, 0.3) is 0 Å². The van der Waals surface area contributed by atoms with Crippen LogP contribution in [0.4, 0.5) is 0 Å². The predicted octanol–water partition coefficient (Wildman–Crippen LogP) is 1.61. The van der Waals surface area contributed by atoms with Crippen LogP contribution in [0.5, 0.6) is 11.5 Å². The number of hydrogen-bond donors (Lipinski definition) is 2. The third-order valence-corrected chi connectivity index (χ3v) is 2.80. The summed E-state index contributed by atoms with van der Waals surface area (Å²) in [5, 5.41) is 9.81. The first-order valence-electron chi connectivity index (χ1n) is 6.33. The van der Waals surface area contributed by atoms with Gasteiger partial charge in [-0.3, -0.25) is 4.79 Å². The maximum Gasteiger partial charge on any atom is 0.305 e. The Balaban J connectivity index is 2.48. The standard InChI is InChI=1S/C14H21NO4/c1-3-19-14(17)7-5-11(15)8-10-4-6-12(18-2)9-13(10)16/h4,6,9,11,16H,3,5,7-8,15H2,1-2H3. The Morgan fingerprint density at radius 2 is 2.21 bits per heavy atom. The van der Waals surface area contributed by atoms with Crippen molar-refractivity contribution in [3.8, 4) is 11.5 Å². The summed E-state index contributed by atoms with van der Waals surface area (Å²) in [6, 6.07) is 4.91. The molecule has 0 spiro atoms. The van der Waals surface area contributed by atoms with Crippen molar-refractivity contribution >= 4 is 5.97 Å². The number of carbonyl (C=O) groups is 1. The third kappa shape index (κ3) is 5.18. The van der Waals surface area contributed by atoms with Crippen molar-refractivity contribution in [2.75, 3.05) is 13.7 Å². The van der Waals surface area contributed by atoms with E-state index in [4.69, 9.17) is 15.2 Å². The van der Waals surface area contributed by atoms with Gasteiger partial charge in [0.15, 0.2) is 0 Å². The van der Waals surface area contributed by atoms with Crippen molar-refractivity contribution < 1.29 is 19.4 Å². The number of nitrogens with two attached hydrogens (primary N) is 1. The van der Waals surface area contributed by atoms with Gasteiger partial charge in [-0.25, -0.2) is 0 Å². The average molecular weight is 267 g/mol. The van der Waals surface area contributed by atoms with E-state index in [0.29, 0.717) is 31.6 Å². The molecule has 0 aliphatic heterocycles. The van der Waals surface area contributed by atoms with Gasteiger partial charge >= 0.3 is 5.97 Å². The van der Waals surface area contributed by atoms with Crippen molar-refractivity contribution in [2.24, 2.45) is 5.73 Å². The van der Waals surface area contributed by atoms with Gasteiger partial charge in [-0.2, -0.15) is 0 Å². The fourth-order valence-electron chi connectivity index (χ4n) is 1.76. The van der Waals surface area contributed by atoms with E-state index in [1.165, 1.54) is 0 Å². The van der Waals surface area contributed by atoms with Crippen LogP contribution in [0.2, 0.25) is 0 Å². The lowest BCUT2D eigenvalue weighted by Gasteiger charge is -2.13. The van der Waals surface area contributed by atoms with Crippen LogP contribution in [-0.4, -0.2) is 30.8 Å². The summed E-state index contributed by atoms with van der Waals surface area (Å²) in [6.45, 7) is 2.15. The maximum atomic E-state index is 11.2. The molecular weight excluding hydrogens is 246 g/mol. The summed E-state index contributed by atoms with van der Waals surface area (Å²) in [7, 11) is 1.54. The van der Waals surface area contributed by atoms with E-state index in [0.717, 1.165) is 5.56 Å². The molecule has 1 aromatic carbocycles. The van der Waals surface area contributed by atoms with Crippen molar-refractivity contribution in [1.82, 2.24) is 0 Å². The smallest absolute Gasteiger partial charge is 0.305 e. The van der Waals surface area contributed by atoms with Gasteiger partial charge < -0.3 is 20.3 Å². The second-order valence-electron chi connectivity index (χ2n) is 4.30. The molecule has 5 heteroatoms. The molecule has 1 atom stereocenters. The molecule has 1 unspecified atom stereocenters. The van der Waals surface area contributed by atoms with Crippen LogP contribution < -0.4 is 10.5 Å². The first kappa shape index (κ1) is 15.3. The van der Waals surface area contributed by atoms with Crippen LogP contribution >= 0.6 is 0 Å². The molecule has 0 bridgehead atoms. The fraction of sp³-hybridized carbons (Fsp3) is 0.500. The Morgan fingerprint density at radius 3 is 2.79 bits per heavy atom. The molecule has 3 N–H and O–H groups in total. The first-order valence-corrected chi connectivity index (χ1v) is 6.33. The summed E-state index contributed by atoms with van der Waals surface area (Å²) in [4.78, 5) is 11.2. The fourth-order valence-corrected chi connectivity index (χ4v) is 1.76. The summed E-state index contributed by atoms with van der Waals surface area (Å²) in [6.07, 6.45) is 1.34. The quantitative estimate of drug-likeness (QED) is 0.733. The SMILES string of the molecule is CCOC(=O)CCC(N)Cc1ccc(OC)cc1O. The van der Waals surface area contributed by atoms with Crippen LogP contribution in [0.1, 0.15) is 25.3 Å². The minimum Gasteiger partial charge on any atom is -0.508 e. The molecule has 106 valence electrons. The summed E-state index contributed by atoms with van der Waals surface area (Å²) < 4.78 is 9.84. The highest BCUT2D eigenvalue weighted by molar-refractivity contribution is 5.69. The van der Waals surface area contributed by atoms with Gasteiger partial charge in [0, 0.05) is 18.5 Å². The van der Waals surface area contributed by atoms with Crippen LogP contribution in [0.15, 0.2) is 18.2 Å². The Labute approximate surface area is 113 Å². The Kier molecular flexibility index (Phi) is 6.15. The molecule has 1 rings (SSSR count). The lowest BCUT2D eigenvalue weighted by Crippen LogP contribution is -2.24. The van der Waals surface area contributed by atoms with E-state index in [9.17, 15) is 9.90 Å². The minimum absolute atomic E-state index is 0.158. The second kappa shape index (κ2) is 7.63. The molecule has 0 heterocycles. The van der Waals surface area contributed by atoms with Crippen molar-refractivity contribution in [2.45, 2.75) is 32.2 Å². The summed E-state index contributed by atoms with van der Waals surface area (Å²) >= 11 is 0. The lowest BCUT2D eigenvalue weighted by molar-refractivity contribution is -0.143. The first-order chi connectivity index (χ1) is 9.06. The number of methoxy groups -OCH3 is 1. The Hall–Kier alpha value is -1.75. The van der Waals surface area contributed by atoms with Crippen LogP contribution in [0, 0.1) is 0 Å². The number of esters is 1. The molecule has 0 aliphatic rings. The second-order valence-corrected chi connectivity index (χ2v) is 4.30. The summed E-state index contributed by atoms with van der Waals surface area (Å²) in [5.74, 6) is 0.518. The van der Waals surface area contributed by atoms with Gasteiger partial charge in [-0.1, -0.05) is 6.07 Å². The van der Waals surface area contributed by atoms with Gasteiger partial charge in [0.2, 0.25) is 0 Å². The highest BCUT2D eigenvalue weighted by Gasteiger charge is 2.11. The topological polar surface area (TPSA) is 81.8 Å². The van der Waals surface area contributed by atoms with E-state index < -0.39 is 0 Å². The van der Waals surface area contributed by atoms with Crippen molar-refractivity contribution in [3.05, 3.63) is 23.8 Å². The Morgan fingerprint density at radius 1 is 1.47 bits per heavy atom. The van der Waals surface area contributed by atoms with Crippen LogP contribution in [-0.2, 0) is 16.0 Å². The van der Waals surface area contributed by atoms with E-state index in [1.807, 2.05) is 0 Å². The van der Waals surface area contributed by atoms with Crippen LogP contribution in [0.25, 0.3) is 0 Å². The number of ether oxygens (including phenoxy) is 2. The van der Waals surface area contributed by atoms with E-state index in [1.54, 1.807) is 32.2 Å². The number of phenols is 1. The summed E-state index contributed by atoms with van der Waals surface area (Å²) in [5.41, 5.74) is 6.69. The molecule has 0 saturated heterocycles. The molecule has 19 heavy (non-hydrogen) atoms. The normalized spacial score (nSPS) is 11.9. The van der Waals surface area contributed by atoms with Crippen molar-refractivity contribution in [3.63, 3.8) is 0 Å². The minimum atomic E-state index is -0.239. The molecule has 0 aliphatic carbocycles. The molecule has 0 amide bonds. The van der Waals surface area contributed by atoms with Crippen molar-refractivity contribution in [1.29, 1.82) is 0 Å². The maximum absolute atomic E-state index is 11.2. The van der Waals surface area contributed by atoms with E-state index >= 15 is 0 Å². The number of aromatic hydroxyl groups is 1. The molecule has 0 radical (unpaired) electrons. The molecule has 1 aromatic rings. The number of hydrogen-bond acceptors (Lipinski definition) is 5. The molecule has 0 aromatic heterocycles. The number of phenolic OH excluding ortho intramolecular Hbond substituents is 1. The third-order valence-electron chi connectivity index (χ3n) is 2.80. The predicted molar refractivity (Wildman–Crippen MR) is 72.2 cm³/mol. The highest BCUT2D eigenvalue weighted by atomic mass is 16.5. The lowest BCUT2D eigenvalue weighted by atomic mass is 10.0. The van der Waals surface area contributed by atoms with Gasteiger partial charge in [-0.15, -0.1) is 0 Å². The molecule has 0 fully saturated rings.